The number of nitrogens with zero attached hydrogens (tertiary/aromatic N) is 1. The van der Waals surface area contributed by atoms with Gasteiger partial charge in [0, 0.05) is 19.5 Å². The molecule has 2 rings (SSSR count). The summed E-state index contributed by atoms with van der Waals surface area (Å²) in [5.41, 5.74) is -0.0444. The molecule has 0 unspecified atom stereocenters. The molecule has 1 N–H and O–H groups in total. The normalized spacial score (nSPS) is 15.8. The van der Waals surface area contributed by atoms with Gasteiger partial charge in [-0.25, -0.2) is 0 Å². The van der Waals surface area contributed by atoms with E-state index in [2.05, 4.69) is 21.2 Å². The van der Waals surface area contributed by atoms with Gasteiger partial charge in [0.25, 0.3) is 0 Å². The summed E-state index contributed by atoms with van der Waals surface area (Å²) < 4.78 is 44.5. The summed E-state index contributed by atoms with van der Waals surface area (Å²) >= 11 is 3.06. The molecule has 0 radical (unpaired) electrons. The Morgan fingerprint density at radius 3 is 2.55 bits per heavy atom. The molecule has 22 heavy (non-hydrogen) atoms. The summed E-state index contributed by atoms with van der Waals surface area (Å²) in [5, 5.41) is 2.66. The van der Waals surface area contributed by atoms with Crippen LogP contribution in [-0.2, 0) is 15.7 Å². The van der Waals surface area contributed by atoms with E-state index >= 15 is 0 Å². The zero-order valence-electron chi connectivity index (χ0n) is 12.0. The largest absolute Gasteiger partial charge is 0.417 e. The van der Waals surface area contributed by atoms with Crippen LogP contribution in [0.15, 0.2) is 16.6 Å². The number of carbonyl (C=O) groups is 1. The highest BCUT2D eigenvalue weighted by atomic mass is 79.9. The van der Waals surface area contributed by atoms with E-state index in [1.54, 1.807) is 11.8 Å². The maximum absolute atomic E-state index is 13.1. The monoisotopic (exact) mass is 380 g/mol. The van der Waals surface area contributed by atoms with E-state index in [1.807, 2.05) is 0 Å². The van der Waals surface area contributed by atoms with Crippen molar-refractivity contribution in [1.29, 1.82) is 0 Å². The Morgan fingerprint density at radius 2 is 2.00 bits per heavy atom. The van der Waals surface area contributed by atoms with Crippen molar-refractivity contribution in [3.63, 3.8) is 0 Å². The van der Waals surface area contributed by atoms with E-state index in [1.165, 1.54) is 6.07 Å². The van der Waals surface area contributed by atoms with E-state index in [4.69, 9.17) is 4.74 Å². The molecule has 4 nitrogen and oxygen atoms in total. The zero-order chi connectivity index (χ0) is 16.3. The van der Waals surface area contributed by atoms with Gasteiger partial charge in [-0.05, 0) is 28.1 Å². The predicted molar refractivity (Wildman–Crippen MR) is 81.1 cm³/mol. The number of hydrogen-bond donors (Lipinski definition) is 1. The van der Waals surface area contributed by atoms with Gasteiger partial charge in [-0.15, -0.1) is 0 Å². The van der Waals surface area contributed by atoms with Crippen LogP contribution < -0.4 is 10.2 Å². The van der Waals surface area contributed by atoms with Crippen LogP contribution in [0.3, 0.4) is 0 Å². The van der Waals surface area contributed by atoms with Gasteiger partial charge in [-0.1, -0.05) is 6.92 Å². The summed E-state index contributed by atoms with van der Waals surface area (Å²) in [6.07, 6.45) is -4.21. The summed E-state index contributed by atoms with van der Waals surface area (Å²) in [5.74, 6) is -0.249. The van der Waals surface area contributed by atoms with Crippen LogP contribution in [0.2, 0.25) is 0 Å². The van der Waals surface area contributed by atoms with Crippen molar-refractivity contribution in [3.05, 3.63) is 22.2 Å². The molecule has 0 aromatic heterocycles. The number of hydrogen-bond acceptors (Lipinski definition) is 3. The van der Waals surface area contributed by atoms with E-state index in [0.29, 0.717) is 37.7 Å². The van der Waals surface area contributed by atoms with Gasteiger partial charge in [0.2, 0.25) is 5.91 Å². The van der Waals surface area contributed by atoms with Gasteiger partial charge in [0.1, 0.15) is 0 Å². The highest BCUT2D eigenvalue weighted by molar-refractivity contribution is 9.10. The SMILES string of the molecule is CCC(=O)Nc1ccc(C(F)(F)F)c(Br)c1N1CCOCC1. The minimum atomic E-state index is -4.47. The number of carbonyl (C=O) groups excluding carboxylic acids is 1. The van der Waals surface area contributed by atoms with Crippen LogP contribution in [0.1, 0.15) is 18.9 Å². The number of anilines is 2. The average Bonchev–Trinajstić information content (AvgIpc) is 2.47. The van der Waals surface area contributed by atoms with Crippen molar-refractivity contribution in [3.8, 4) is 0 Å². The third-order valence-electron chi connectivity index (χ3n) is 3.34. The number of benzene rings is 1. The van der Waals surface area contributed by atoms with Crippen molar-refractivity contribution in [1.82, 2.24) is 0 Å². The number of alkyl halides is 3. The van der Waals surface area contributed by atoms with Gasteiger partial charge in [0.05, 0.1) is 34.6 Å². The van der Waals surface area contributed by atoms with Crippen molar-refractivity contribution in [2.75, 3.05) is 36.5 Å². The standard InChI is InChI=1S/C14H16BrF3N2O2/c1-2-11(21)19-10-4-3-9(14(16,17)18)12(15)13(10)20-5-7-22-8-6-20/h3-4H,2,5-8H2,1H3,(H,19,21). The first-order chi connectivity index (χ1) is 10.3. The number of nitrogens with one attached hydrogen (secondary N) is 1. The number of amides is 1. The van der Waals surface area contributed by atoms with Crippen molar-refractivity contribution in [2.24, 2.45) is 0 Å². The van der Waals surface area contributed by atoms with Crippen LogP contribution in [0.25, 0.3) is 0 Å². The Morgan fingerprint density at radius 1 is 1.36 bits per heavy atom. The molecule has 1 amide bonds. The second-order valence-corrected chi connectivity index (χ2v) is 5.62. The number of ether oxygens (including phenoxy) is 1. The maximum atomic E-state index is 13.1. The Hall–Kier alpha value is -1.28. The van der Waals surface area contributed by atoms with Crippen molar-refractivity contribution >= 4 is 33.2 Å². The highest BCUT2D eigenvalue weighted by Crippen LogP contribution is 2.43. The Labute approximate surface area is 134 Å². The predicted octanol–water partition coefficient (Wildman–Crippen LogP) is 3.65. The van der Waals surface area contributed by atoms with Crippen LogP contribution in [0.5, 0.6) is 0 Å². The van der Waals surface area contributed by atoms with Crippen molar-refractivity contribution < 1.29 is 22.7 Å². The fourth-order valence-corrected chi connectivity index (χ4v) is 3.04. The van der Waals surface area contributed by atoms with Crippen LogP contribution in [-0.4, -0.2) is 32.2 Å². The molecule has 1 aliphatic rings. The minimum absolute atomic E-state index is 0.0594. The molecule has 1 aromatic rings. The van der Waals surface area contributed by atoms with E-state index in [0.717, 1.165) is 6.07 Å². The molecule has 1 heterocycles. The second kappa shape index (κ2) is 6.87. The molecule has 8 heteroatoms. The molecule has 1 fully saturated rings. The quantitative estimate of drug-likeness (QED) is 0.869. The molecule has 0 aliphatic carbocycles. The Balaban J connectivity index is 2.49. The number of halogens is 4. The molecule has 1 saturated heterocycles. The second-order valence-electron chi connectivity index (χ2n) is 4.82. The topological polar surface area (TPSA) is 41.6 Å². The molecular formula is C14H16BrF3N2O2. The summed E-state index contributed by atoms with van der Waals surface area (Å²) in [4.78, 5) is 13.4. The lowest BCUT2D eigenvalue weighted by Gasteiger charge is -2.32. The van der Waals surface area contributed by atoms with Crippen LogP contribution >= 0.6 is 15.9 Å². The third-order valence-corrected chi connectivity index (χ3v) is 4.15. The van der Waals surface area contributed by atoms with Crippen molar-refractivity contribution in [2.45, 2.75) is 19.5 Å². The zero-order valence-corrected chi connectivity index (χ0v) is 13.6. The summed E-state index contributed by atoms with van der Waals surface area (Å²) in [6, 6.07) is 2.27. The third kappa shape index (κ3) is 3.73. The summed E-state index contributed by atoms with van der Waals surface area (Å²) in [7, 11) is 0. The summed E-state index contributed by atoms with van der Waals surface area (Å²) in [6.45, 7) is 3.49. The molecule has 122 valence electrons. The lowest BCUT2D eigenvalue weighted by atomic mass is 10.1. The van der Waals surface area contributed by atoms with Gasteiger partial charge in [0.15, 0.2) is 0 Å². The minimum Gasteiger partial charge on any atom is -0.378 e. The van der Waals surface area contributed by atoms with Gasteiger partial charge < -0.3 is 15.0 Å². The lowest BCUT2D eigenvalue weighted by Crippen LogP contribution is -2.37. The van der Waals surface area contributed by atoms with E-state index in [9.17, 15) is 18.0 Å². The van der Waals surface area contributed by atoms with Crippen LogP contribution in [0.4, 0.5) is 24.5 Å². The number of rotatable bonds is 3. The maximum Gasteiger partial charge on any atom is 0.417 e. The van der Waals surface area contributed by atoms with E-state index in [-0.39, 0.29) is 16.8 Å². The first kappa shape index (κ1) is 17.1. The van der Waals surface area contributed by atoms with Gasteiger partial charge in [-0.3, -0.25) is 4.79 Å². The first-order valence-electron chi connectivity index (χ1n) is 6.86. The van der Waals surface area contributed by atoms with Gasteiger partial charge in [-0.2, -0.15) is 13.2 Å². The van der Waals surface area contributed by atoms with E-state index < -0.39 is 11.7 Å². The Kier molecular flexibility index (Phi) is 5.33. The van der Waals surface area contributed by atoms with Crippen LogP contribution in [0, 0.1) is 0 Å². The fraction of sp³-hybridized carbons (Fsp3) is 0.500. The molecular weight excluding hydrogens is 365 g/mol. The molecule has 1 aliphatic heterocycles. The Bertz CT molecular complexity index is 558. The number of morpholine rings is 1. The molecule has 0 saturated carbocycles. The fourth-order valence-electron chi connectivity index (χ4n) is 2.22. The first-order valence-corrected chi connectivity index (χ1v) is 7.66. The molecule has 0 bridgehead atoms. The molecule has 1 aromatic carbocycles. The highest BCUT2D eigenvalue weighted by Gasteiger charge is 2.35. The average molecular weight is 381 g/mol. The lowest BCUT2D eigenvalue weighted by molar-refractivity contribution is -0.138. The smallest absolute Gasteiger partial charge is 0.378 e. The molecule has 0 atom stereocenters. The van der Waals surface area contributed by atoms with Gasteiger partial charge >= 0.3 is 6.18 Å². The molecule has 0 spiro atoms.